The molecule has 0 aliphatic rings. The second-order valence-electron chi connectivity index (χ2n) is 5.50. The first-order valence-corrected chi connectivity index (χ1v) is 7.71. The molecule has 3 heteroatoms. The number of carbonyl (C=O) groups excluding carboxylic acids is 1. The molecule has 1 unspecified atom stereocenters. The second kappa shape index (κ2) is 7.11. The van der Waals surface area contributed by atoms with Crippen molar-refractivity contribution in [2.45, 2.75) is 6.10 Å². The number of ketones is 1. The fourth-order valence-corrected chi connectivity index (χ4v) is 2.61. The van der Waals surface area contributed by atoms with E-state index in [2.05, 4.69) is 0 Å². The molecule has 0 fully saturated rings. The molecule has 0 heterocycles. The summed E-state index contributed by atoms with van der Waals surface area (Å²) in [7, 11) is 1.59. The van der Waals surface area contributed by atoms with E-state index in [9.17, 15) is 9.90 Å². The van der Waals surface area contributed by atoms with Crippen molar-refractivity contribution in [3.05, 3.63) is 101 Å². The third-order valence-corrected chi connectivity index (χ3v) is 3.91. The molecular weight excluding hydrogens is 300 g/mol. The summed E-state index contributed by atoms with van der Waals surface area (Å²) in [6.45, 7) is 0. The third-order valence-electron chi connectivity index (χ3n) is 3.91. The molecule has 0 spiro atoms. The Bertz CT molecular complexity index is 840. The van der Waals surface area contributed by atoms with Crippen molar-refractivity contribution in [1.29, 1.82) is 0 Å². The van der Waals surface area contributed by atoms with Gasteiger partial charge in [-0.25, -0.2) is 0 Å². The topological polar surface area (TPSA) is 46.5 Å². The van der Waals surface area contributed by atoms with Crippen molar-refractivity contribution in [2.24, 2.45) is 0 Å². The standard InChI is InChI=1S/C21H18O3/c1-24-19-12-6-11-18(14-19)21(23)17-10-5-9-16(13-17)20(22)15-7-3-2-4-8-15/h2-14,21,23H,1H3. The van der Waals surface area contributed by atoms with Gasteiger partial charge >= 0.3 is 0 Å². The molecule has 0 aliphatic carbocycles. The summed E-state index contributed by atoms with van der Waals surface area (Å²) in [5, 5.41) is 10.6. The zero-order valence-electron chi connectivity index (χ0n) is 13.3. The zero-order valence-corrected chi connectivity index (χ0v) is 13.3. The molecule has 0 aliphatic heterocycles. The molecule has 3 rings (SSSR count). The molecule has 24 heavy (non-hydrogen) atoms. The van der Waals surface area contributed by atoms with Crippen LogP contribution in [-0.4, -0.2) is 18.0 Å². The van der Waals surface area contributed by atoms with E-state index in [4.69, 9.17) is 4.74 Å². The van der Waals surface area contributed by atoms with Gasteiger partial charge in [0.25, 0.3) is 0 Å². The number of hydrogen-bond acceptors (Lipinski definition) is 3. The van der Waals surface area contributed by atoms with Crippen molar-refractivity contribution >= 4 is 5.78 Å². The molecule has 0 bridgehead atoms. The Morgan fingerprint density at radius 3 is 2.17 bits per heavy atom. The van der Waals surface area contributed by atoms with Crippen molar-refractivity contribution in [3.63, 3.8) is 0 Å². The van der Waals surface area contributed by atoms with E-state index in [1.54, 1.807) is 43.5 Å². The molecule has 0 aromatic heterocycles. The van der Waals surface area contributed by atoms with E-state index in [1.165, 1.54) is 0 Å². The maximum atomic E-state index is 12.6. The first-order chi connectivity index (χ1) is 11.7. The lowest BCUT2D eigenvalue weighted by Gasteiger charge is -2.13. The van der Waals surface area contributed by atoms with Gasteiger partial charge in [-0.05, 0) is 29.3 Å². The Balaban J connectivity index is 1.91. The Kier molecular flexibility index (Phi) is 4.73. The first-order valence-electron chi connectivity index (χ1n) is 7.71. The molecule has 3 aromatic carbocycles. The maximum absolute atomic E-state index is 12.6. The van der Waals surface area contributed by atoms with Crippen LogP contribution in [0.1, 0.15) is 33.2 Å². The van der Waals surface area contributed by atoms with Crippen LogP contribution in [0.15, 0.2) is 78.9 Å². The van der Waals surface area contributed by atoms with Gasteiger partial charge in [0, 0.05) is 11.1 Å². The summed E-state index contributed by atoms with van der Waals surface area (Å²) >= 11 is 0. The minimum absolute atomic E-state index is 0.0599. The summed E-state index contributed by atoms with van der Waals surface area (Å²) in [6.07, 6.45) is -0.816. The van der Waals surface area contributed by atoms with Gasteiger partial charge in [-0.1, -0.05) is 60.7 Å². The normalized spacial score (nSPS) is 11.8. The number of aliphatic hydroxyl groups excluding tert-OH is 1. The first kappa shape index (κ1) is 16.0. The number of hydrogen-bond donors (Lipinski definition) is 1. The van der Waals surface area contributed by atoms with Crippen LogP contribution in [0, 0.1) is 0 Å². The molecule has 1 N–H and O–H groups in total. The zero-order chi connectivity index (χ0) is 16.9. The van der Waals surface area contributed by atoms with E-state index in [0.717, 1.165) is 5.56 Å². The SMILES string of the molecule is COc1cccc(C(O)c2cccc(C(=O)c3ccccc3)c2)c1. The largest absolute Gasteiger partial charge is 0.497 e. The number of rotatable bonds is 5. The molecule has 3 aromatic rings. The summed E-state index contributed by atoms with van der Waals surface area (Å²) < 4.78 is 5.20. The van der Waals surface area contributed by atoms with Crippen LogP contribution >= 0.6 is 0 Å². The lowest BCUT2D eigenvalue weighted by atomic mass is 9.96. The summed E-state index contributed by atoms with van der Waals surface area (Å²) in [5.74, 6) is 0.623. The number of benzene rings is 3. The highest BCUT2D eigenvalue weighted by atomic mass is 16.5. The minimum Gasteiger partial charge on any atom is -0.497 e. The van der Waals surface area contributed by atoms with Crippen molar-refractivity contribution in [1.82, 2.24) is 0 Å². The van der Waals surface area contributed by atoms with Crippen molar-refractivity contribution < 1.29 is 14.6 Å². The van der Waals surface area contributed by atoms with Gasteiger partial charge in [0.2, 0.25) is 0 Å². The molecule has 120 valence electrons. The quantitative estimate of drug-likeness (QED) is 0.723. The predicted molar refractivity (Wildman–Crippen MR) is 93.4 cm³/mol. The highest BCUT2D eigenvalue weighted by molar-refractivity contribution is 6.09. The van der Waals surface area contributed by atoms with Crippen LogP contribution < -0.4 is 4.74 Å². The number of aliphatic hydroxyl groups is 1. The maximum Gasteiger partial charge on any atom is 0.193 e. The molecular formula is C21H18O3. The van der Waals surface area contributed by atoms with Crippen LogP contribution in [0.5, 0.6) is 5.75 Å². The summed E-state index contributed by atoms with van der Waals surface area (Å²) in [4.78, 5) is 12.6. The van der Waals surface area contributed by atoms with E-state index >= 15 is 0 Å². The average molecular weight is 318 g/mol. The monoisotopic (exact) mass is 318 g/mol. The van der Waals surface area contributed by atoms with E-state index in [0.29, 0.717) is 22.4 Å². The Hall–Kier alpha value is -2.91. The number of carbonyl (C=O) groups is 1. The predicted octanol–water partition coefficient (Wildman–Crippen LogP) is 4.01. The van der Waals surface area contributed by atoms with Gasteiger partial charge in [-0.3, -0.25) is 4.79 Å². The van der Waals surface area contributed by atoms with Gasteiger partial charge in [-0.2, -0.15) is 0 Å². The van der Waals surface area contributed by atoms with Gasteiger partial charge in [0.1, 0.15) is 11.9 Å². The molecule has 0 radical (unpaired) electrons. The lowest BCUT2D eigenvalue weighted by molar-refractivity contribution is 0.103. The van der Waals surface area contributed by atoms with Gasteiger partial charge < -0.3 is 9.84 Å². The highest BCUT2D eigenvalue weighted by Crippen LogP contribution is 2.26. The number of methoxy groups -OCH3 is 1. The second-order valence-corrected chi connectivity index (χ2v) is 5.50. The van der Waals surface area contributed by atoms with Gasteiger partial charge in [-0.15, -0.1) is 0 Å². The molecule has 0 saturated heterocycles. The van der Waals surface area contributed by atoms with Crippen LogP contribution in [0.2, 0.25) is 0 Å². The molecule has 3 nitrogen and oxygen atoms in total. The van der Waals surface area contributed by atoms with E-state index in [1.807, 2.05) is 42.5 Å². The van der Waals surface area contributed by atoms with Crippen LogP contribution in [0.4, 0.5) is 0 Å². The van der Waals surface area contributed by atoms with E-state index in [-0.39, 0.29) is 5.78 Å². The molecule has 0 saturated carbocycles. The fourth-order valence-electron chi connectivity index (χ4n) is 2.61. The Morgan fingerprint density at radius 2 is 1.46 bits per heavy atom. The summed E-state index contributed by atoms with van der Waals surface area (Å²) in [5.41, 5.74) is 2.58. The molecule has 0 amide bonds. The van der Waals surface area contributed by atoms with E-state index < -0.39 is 6.10 Å². The van der Waals surface area contributed by atoms with Gasteiger partial charge in [0.05, 0.1) is 7.11 Å². The Labute approximate surface area is 141 Å². The van der Waals surface area contributed by atoms with Gasteiger partial charge in [0.15, 0.2) is 5.78 Å². The number of ether oxygens (including phenoxy) is 1. The van der Waals surface area contributed by atoms with Crippen molar-refractivity contribution in [3.8, 4) is 5.75 Å². The Morgan fingerprint density at radius 1 is 0.833 bits per heavy atom. The van der Waals surface area contributed by atoms with Crippen LogP contribution in [0.3, 0.4) is 0 Å². The fraction of sp³-hybridized carbons (Fsp3) is 0.0952. The average Bonchev–Trinajstić information content (AvgIpc) is 2.67. The third kappa shape index (κ3) is 3.36. The molecule has 1 atom stereocenters. The highest BCUT2D eigenvalue weighted by Gasteiger charge is 2.14. The van der Waals surface area contributed by atoms with Crippen LogP contribution in [-0.2, 0) is 0 Å². The lowest BCUT2D eigenvalue weighted by Crippen LogP contribution is -2.05. The minimum atomic E-state index is -0.816. The van der Waals surface area contributed by atoms with Crippen molar-refractivity contribution in [2.75, 3.05) is 7.11 Å². The summed E-state index contributed by atoms with van der Waals surface area (Å²) in [6, 6.07) is 23.5. The van der Waals surface area contributed by atoms with Crippen LogP contribution in [0.25, 0.3) is 0 Å². The smallest absolute Gasteiger partial charge is 0.193 e.